The summed E-state index contributed by atoms with van der Waals surface area (Å²) in [5.74, 6) is -0.652. The average molecular weight is 327 g/mol. The van der Waals surface area contributed by atoms with Crippen molar-refractivity contribution in [2.75, 3.05) is 5.73 Å². The van der Waals surface area contributed by atoms with Gasteiger partial charge in [0.2, 0.25) is 5.82 Å². The summed E-state index contributed by atoms with van der Waals surface area (Å²) in [6, 6.07) is 11.0. The molecule has 0 aliphatic rings. The third kappa shape index (κ3) is 3.40. The second-order valence-corrected chi connectivity index (χ2v) is 5.19. The van der Waals surface area contributed by atoms with Crippen LogP contribution in [0.2, 0.25) is 0 Å². The highest BCUT2D eigenvalue weighted by molar-refractivity contribution is 5.94. The van der Waals surface area contributed by atoms with Crippen molar-refractivity contribution in [2.45, 2.75) is 13.5 Å². The number of carbonyl (C=O) groups is 1. The smallest absolute Gasteiger partial charge is 0.340 e. The number of aromatic nitrogens is 2. The fourth-order valence-corrected chi connectivity index (χ4v) is 2.05. The molecule has 3 rings (SSSR count). The molecule has 24 heavy (non-hydrogen) atoms. The molecule has 0 bridgehead atoms. The molecule has 3 aromatic rings. The number of esters is 1. The fourth-order valence-electron chi connectivity index (χ4n) is 2.05. The van der Waals surface area contributed by atoms with Crippen molar-refractivity contribution in [1.29, 1.82) is 0 Å². The zero-order chi connectivity index (χ0) is 17.1. The van der Waals surface area contributed by atoms with Gasteiger partial charge in [-0.2, -0.15) is 4.98 Å². The van der Waals surface area contributed by atoms with Crippen molar-refractivity contribution >= 4 is 11.7 Å². The lowest BCUT2D eigenvalue weighted by molar-refractivity contribution is 0.0461. The number of hydrogen-bond acceptors (Lipinski definition) is 6. The number of anilines is 1. The Morgan fingerprint density at radius 2 is 2.00 bits per heavy atom. The van der Waals surface area contributed by atoms with Gasteiger partial charge in [0, 0.05) is 11.3 Å². The first-order chi connectivity index (χ1) is 11.5. The monoisotopic (exact) mass is 327 g/mol. The normalized spacial score (nSPS) is 10.6. The summed E-state index contributed by atoms with van der Waals surface area (Å²) in [6.45, 7) is 1.80. The molecule has 0 saturated carbocycles. The fraction of sp³-hybridized carbons (Fsp3) is 0.118. The highest BCUT2D eigenvalue weighted by Crippen LogP contribution is 2.19. The largest absolute Gasteiger partial charge is 0.454 e. The zero-order valence-corrected chi connectivity index (χ0v) is 12.8. The summed E-state index contributed by atoms with van der Waals surface area (Å²) in [5, 5.41) is 3.76. The molecule has 0 atom stereocenters. The molecule has 2 aromatic carbocycles. The molecule has 0 saturated heterocycles. The van der Waals surface area contributed by atoms with Gasteiger partial charge in [0.15, 0.2) is 6.61 Å². The third-order valence-electron chi connectivity index (χ3n) is 3.33. The lowest BCUT2D eigenvalue weighted by Crippen LogP contribution is -2.09. The molecule has 1 aromatic heterocycles. The molecule has 7 heteroatoms. The van der Waals surface area contributed by atoms with Gasteiger partial charge in [-0.05, 0) is 37.3 Å². The minimum Gasteiger partial charge on any atom is -0.454 e. The van der Waals surface area contributed by atoms with E-state index in [-0.39, 0.29) is 23.7 Å². The summed E-state index contributed by atoms with van der Waals surface area (Å²) >= 11 is 0. The van der Waals surface area contributed by atoms with Crippen LogP contribution in [0.1, 0.15) is 21.7 Å². The minimum atomic E-state index is -0.686. The van der Waals surface area contributed by atoms with Crippen molar-refractivity contribution < 1.29 is 18.4 Å². The molecule has 2 N–H and O–H groups in total. The third-order valence-corrected chi connectivity index (χ3v) is 3.33. The number of aryl methyl sites for hydroxylation is 1. The van der Waals surface area contributed by atoms with Crippen LogP contribution in [-0.4, -0.2) is 16.1 Å². The van der Waals surface area contributed by atoms with Crippen molar-refractivity contribution in [3.63, 3.8) is 0 Å². The van der Waals surface area contributed by atoms with Gasteiger partial charge >= 0.3 is 5.97 Å². The SMILES string of the molecule is Cc1ccc(-c2nc(COC(=O)c3ccc(F)cc3N)no2)cc1. The highest BCUT2D eigenvalue weighted by atomic mass is 19.1. The first-order valence-corrected chi connectivity index (χ1v) is 7.15. The average Bonchev–Trinajstić information content (AvgIpc) is 3.02. The van der Waals surface area contributed by atoms with Gasteiger partial charge in [0.1, 0.15) is 5.82 Å². The van der Waals surface area contributed by atoms with Crippen LogP contribution in [-0.2, 0) is 11.3 Å². The quantitative estimate of drug-likeness (QED) is 0.585. The second kappa shape index (κ2) is 6.49. The van der Waals surface area contributed by atoms with E-state index in [1.807, 2.05) is 31.2 Å². The van der Waals surface area contributed by atoms with Crippen LogP contribution in [0.15, 0.2) is 47.0 Å². The predicted molar refractivity (Wildman–Crippen MR) is 84.4 cm³/mol. The van der Waals surface area contributed by atoms with Crippen LogP contribution in [0.25, 0.3) is 11.5 Å². The number of nitrogens with two attached hydrogens (primary N) is 1. The summed E-state index contributed by atoms with van der Waals surface area (Å²) in [6.07, 6.45) is 0. The number of rotatable bonds is 4. The van der Waals surface area contributed by atoms with Gasteiger partial charge in [-0.25, -0.2) is 9.18 Å². The van der Waals surface area contributed by atoms with Gasteiger partial charge in [0.25, 0.3) is 5.89 Å². The Kier molecular flexibility index (Phi) is 4.24. The number of nitrogen functional groups attached to an aromatic ring is 1. The summed E-state index contributed by atoms with van der Waals surface area (Å²) < 4.78 is 23.2. The second-order valence-electron chi connectivity index (χ2n) is 5.19. The molecule has 0 fully saturated rings. The van der Waals surface area contributed by atoms with Gasteiger partial charge in [-0.1, -0.05) is 22.9 Å². The number of carbonyl (C=O) groups excluding carboxylic acids is 1. The molecule has 0 spiro atoms. The maximum absolute atomic E-state index is 13.0. The maximum atomic E-state index is 13.0. The van der Waals surface area contributed by atoms with E-state index in [9.17, 15) is 9.18 Å². The Balaban J connectivity index is 1.67. The van der Waals surface area contributed by atoms with Crippen LogP contribution in [0.3, 0.4) is 0 Å². The van der Waals surface area contributed by atoms with E-state index in [1.165, 1.54) is 6.07 Å². The first kappa shape index (κ1) is 15.7. The van der Waals surface area contributed by atoms with Crippen molar-refractivity contribution in [1.82, 2.24) is 10.1 Å². The number of ether oxygens (including phenoxy) is 1. The van der Waals surface area contributed by atoms with Crippen molar-refractivity contribution in [3.05, 3.63) is 65.2 Å². The molecule has 1 heterocycles. The van der Waals surface area contributed by atoms with Gasteiger partial charge < -0.3 is 15.0 Å². The van der Waals surface area contributed by atoms with E-state index in [1.54, 1.807) is 0 Å². The Morgan fingerprint density at radius 1 is 1.25 bits per heavy atom. The zero-order valence-electron chi connectivity index (χ0n) is 12.8. The minimum absolute atomic E-state index is 0.00783. The Bertz CT molecular complexity index is 875. The molecule has 0 unspecified atom stereocenters. The summed E-state index contributed by atoms with van der Waals surface area (Å²) in [7, 11) is 0. The van der Waals surface area contributed by atoms with E-state index in [2.05, 4.69) is 10.1 Å². The standard InChI is InChI=1S/C17H14FN3O3/c1-10-2-4-11(5-3-10)16-20-15(21-24-16)9-23-17(22)13-7-6-12(18)8-14(13)19/h2-8H,9,19H2,1H3. The van der Waals surface area contributed by atoms with Crippen LogP contribution < -0.4 is 5.73 Å². The maximum Gasteiger partial charge on any atom is 0.340 e. The Morgan fingerprint density at radius 3 is 2.71 bits per heavy atom. The van der Waals surface area contributed by atoms with E-state index >= 15 is 0 Å². The van der Waals surface area contributed by atoms with Crippen LogP contribution in [0.4, 0.5) is 10.1 Å². The van der Waals surface area contributed by atoms with E-state index in [0.29, 0.717) is 5.89 Å². The predicted octanol–water partition coefficient (Wildman–Crippen LogP) is 3.12. The highest BCUT2D eigenvalue weighted by Gasteiger charge is 2.14. The van der Waals surface area contributed by atoms with Gasteiger partial charge in [0.05, 0.1) is 5.56 Å². The number of halogens is 1. The molecule has 0 aliphatic carbocycles. The topological polar surface area (TPSA) is 91.2 Å². The first-order valence-electron chi connectivity index (χ1n) is 7.15. The number of hydrogen-bond donors (Lipinski definition) is 1. The molecular formula is C17H14FN3O3. The van der Waals surface area contributed by atoms with E-state index < -0.39 is 11.8 Å². The summed E-state index contributed by atoms with van der Waals surface area (Å²) in [4.78, 5) is 16.1. The Labute approximate surface area is 137 Å². The molecule has 0 aliphatic heterocycles. The molecular weight excluding hydrogens is 313 g/mol. The molecule has 0 radical (unpaired) electrons. The lowest BCUT2D eigenvalue weighted by Gasteiger charge is -2.04. The van der Waals surface area contributed by atoms with E-state index in [0.717, 1.165) is 23.3 Å². The molecule has 6 nitrogen and oxygen atoms in total. The molecule has 122 valence electrons. The van der Waals surface area contributed by atoms with Crippen LogP contribution >= 0.6 is 0 Å². The summed E-state index contributed by atoms with van der Waals surface area (Å²) in [5.41, 5.74) is 7.57. The number of nitrogens with zero attached hydrogens (tertiary/aromatic N) is 2. The Hall–Kier alpha value is -3.22. The van der Waals surface area contributed by atoms with Gasteiger partial charge in [-0.15, -0.1) is 0 Å². The van der Waals surface area contributed by atoms with Crippen molar-refractivity contribution in [2.24, 2.45) is 0 Å². The lowest BCUT2D eigenvalue weighted by atomic mass is 10.1. The number of benzene rings is 2. The molecule has 0 amide bonds. The van der Waals surface area contributed by atoms with Crippen molar-refractivity contribution in [3.8, 4) is 11.5 Å². The van der Waals surface area contributed by atoms with Crippen LogP contribution in [0, 0.1) is 12.7 Å². The van der Waals surface area contributed by atoms with Gasteiger partial charge in [-0.3, -0.25) is 0 Å². The van der Waals surface area contributed by atoms with Crippen LogP contribution in [0.5, 0.6) is 0 Å². The van der Waals surface area contributed by atoms with E-state index in [4.69, 9.17) is 15.0 Å².